The molecule has 0 fully saturated rings. The Morgan fingerprint density at radius 1 is 1.12 bits per heavy atom. The fourth-order valence-electron chi connectivity index (χ4n) is 1.73. The van der Waals surface area contributed by atoms with E-state index in [1.165, 1.54) is 6.92 Å². The number of hydrogen-bond donors (Lipinski definition) is 3. The van der Waals surface area contributed by atoms with Gasteiger partial charge >= 0.3 is 12.0 Å². The van der Waals surface area contributed by atoms with Crippen LogP contribution in [-0.4, -0.2) is 42.0 Å². The van der Waals surface area contributed by atoms with Crippen molar-refractivity contribution >= 4 is 39.7 Å². The minimum absolute atomic E-state index is 0.380. The molecule has 0 spiro atoms. The molecule has 0 aromatic heterocycles. The highest BCUT2D eigenvalue weighted by Gasteiger charge is 2.22. The Morgan fingerprint density at radius 3 is 2.23 bits per heavy atom. The molecule has 1 unspecified atom stereocenters. The summed E-state index contributed by atoms with van der Waals surface area (Å²) in [5.41, 5.74) is -0.132. The molecule has 0 aliphatic heterocycles. The Morgan fingerprint density at radius 2 is 1.69 bits per heavy atom. The zero-order valence-electron chi connectivity index (χ0n) is 15.0. The van der Waals surface area contributed by atoms with Gasteiger partial charge in [0.2, 0.25) is 0 Å². The van der Waals surface area contributed by atoms with Crippen molar-refractivity contribution in [1.29, 1.82) is 0 Å². The summed E-state index contributed by atoms with van der Waals surface area (Å²) in [7, 11) is 0. The van der Waals surface area contributed by atoms with Gasteiger partial charge in [-0.25, -0.2) is 4.79 Å². The molecule has 0 aliphatic rings. The van der Waals surface area contributed by atoms with E-state index in [1.807, 2.05) is 0 Å². The zero-order chi connectivity index (χ0) is 19.9. The van der Waals surface area contributed by atoms with Crippen molar-refractivity contribution in [2.24, 2.45) is 0 Å². The summed E-state index contributed by atoms with van der Waals surface area (Å²) in [5.74, 6) is -2.01. The summed E-state index contributed by atoms with van der Waals surface area (Å²) in [6, 6.07) is 5.89. The molecule has 1 atom stereocenters. The maximum absolute atomic E-state index is 11.9. The number of esters is 1. The summed E-state index contributed by atoms with van der Waals surface area (Å²) < 4.78 is 5.72. The summed E-state index contributed by atoms with van der Waals surface area (Å²) in [6.07, 6.45) is -1.18. The topological polar surface area (TPSA) is 114 Å². The van der Waals surface area contributed by atoms with Gasteiger partial charge in [0.25, 0.3) is 11.8 Å². The van der Waals surface area contributed by atoms with Crippen LogP contribution in [0.5, 0.6) is 0 Å². The first-order valence-electron chi connectivity index (χ1n) is 7.84. The van der Waals surface area contributed by atoms with Crippen LogP contribution in [0.1, 0.15) is 38.1 Å². The van der Waals surface area contributed by atoms with E-state index >= 15 is 0 Å². The maximum atomic E-state index is 11.9. The number of benzene rings is 1. The van der Waals surface area contributed by atoms with Gasteiger partial charge < -0.3 is 15.4 Å². The number of amides is 4. The molecule has 0 heterocycles. The lowest BCUT2D eigenvalue weighted by atomic mass is 10.1. The standard InChI is InChI=1S/C17H22BrN3O5/c1-10(14(23)20-16(25)21-17(2,3)4)26-13(22)9-19-15(24)11-5-7-12(18)8-6-11/h5-8,10H,9H2,1-4H3,(H,19,24)(H2,20,21,23,25). The third kappa shape index (κ3) is 8.11. The molecule has 4 amide bonds. The highest BCUT2D eigenvalue weighted by Crippen LogP contribution is 2.10. The molecule has 1 aromatic rings. The summed E-state index contributed by atoms with van der Waals surface area (Å²) >= 11 is 3.26. The third-order valence-corrected chi connectivity index (χ3v) is 3.43. The van der Waals surface area contributed by atoms with E-state index in [9.17, 15) is 19.2 Å². The lowest BCUT2D eigenvalue weighted by Gasteiger charge is -2.21. The summed E-state index contributed by atoms with van der Waals surface area (Å²) in [5, 5.41) is 7.02. The number of halogens is 1. The van der Waals surface area contributed by atoms with Crippen LogP contribution >= 0.6 is 15.9 Å². The highest BCUT2D eigenvalue weighted by molar-refractivity contribution is 9.10. The van der Waals surface area contributed by atoms with Gasteiger partial charge in [0, 0.05) is 15.6 Å². The van der Waals surface area contributed by atoms with Gasteiger partial charge in [-0.2, -0.15) is 0 Å². The van der Waals surface area contributed by atoms with Gasteiger partial charge in [-0.15, -0.1) is 0 Å². The molecular weight excluding hydrogens is 406 g/mol. The molecule has 0 saturated heterocycles. The quantitative estimate of drug-likeness (QED) is 0.619. The first-order chi connectivity index (χ1) is 12.0. The van der Waals surface area contributed by atoms with E-state index in [2.05, 4.69) is 31.9 Å². The molecular formula is C17H22BrN3O5. The fraction of sp³-hybridized carbons (Fsp3) is 0.412. The third-order valence-electron chi connectivity index (χ3n) is 2.90. The molecule has 9 heteroatoms. The molecule has 0 radical (unpaired) electrons. The van der Waals surface area contributed by atoms with E-state index in [-0.39, 0.29) is 0 Å². The molecule has 0 saturated carbocycles. The van der Waals surface area contributed by atoms with Crippen LogP contribution in [0.2, 0.25) is 0 Å². The predicted molar refractivity (Wildman–Crippen MR) is 98.5 cm³/mol. The molecule has 3 N–H and O–H groups in total. The largest absolute Gasteiger partial charge is 0.451 e. The Labute approximate surface area is 160 Å². The molecule has 8 nitrogen and oxygen atoms in total. The Hall–Kier alpha value is -2.42. The van der Waals surface area contributed by atoms with Gasteiger partial charge in [0.05, 0.1) is 0 Å². The molecule has 0 bridgehead atoms. The van der Waals surface area contributed by atoms with Crippen LogP contribution in [0.4, 0.5) is 4.79 Å². The average molecular weight is 428 g/mol. The van der Waals surface area contributed by atoms with Crippen molar-refractivity contribution < 1.29 is 23.9 Å². The van der Waals surface area contributed by atoms with E-state index in [0.717, 1.165) is 4.47 Å². The second-order valence-electron chi connectivity index (χ2n) is 6.52. The number of rotatable bonds is 5. The van der Waals surface area contributed by atoms with Crippen LogP contribution in [0.25, 0.3) is 0 Å². The second kappa shape index (κ2) is 9.33. The van der Waals surface area contributed by atoms with Crippen molar-refractivity contribution in [1.82, 2.24) is 16.0 Å². The number of carbonyl (C=O) groups excluding carboxylic acids is 4. The van der Waals surface area contributed by atoms with Gasteiger partial charge in [-0.3, -0.25) is 19.7 Å². The Bertz CT molecular complexity index is 683. The summed E-state index contributed by atoms with van der Waals surface area (Å²) in [6.45, 7) is 6.20. The van der Waals surface area contributed by atoms with Crippen molar-refractivity contribution in [3.8, 4) is 0 Å². The second-order valence-corrected chi connectivity index (χ2v) is 7.43. The van der Waals surface area contributed by atoms with Gasteiger partial charge in [0.15, 0.2) is 6.10 Å². The van der Waals surface area contributed by atoms with E-state index in [4.69, 9.17) is 4.74 Å². The number of carbonyl (C=O) groups is 4. The molecule has 26 heavy (non-hydrogen) atoms. The fourth-order valence-corrected chi connectivity index (χ4v) is 2.00. The van der Waals surface area contributed by atoms with Gasteiger partial charge in [-0.1, -0.05) is 15.9 Å². The van der Waals surface area contributed by atoms with E-state index in [0.29, 0.717) is 5.56 Å². The maximum Gasteiger partial charge on any atom is 0.326 e. The van der Waals surface area contributed by atoms with Crippen molar-refractivity contribution in [2.45, 2.75) is 39.3 Å². The monoisotopic (exact) mass is 427 g/mol. The van der Waals surface area contributed by atoms with Crippen LogP contribution in [-0.2, 0) is 14.3 Å². The van der Waals surface area contributed by atoms with Crippen LogP contribution < -0.4 is 16.0 Å². The summed E-state index contributed by atoms with van der Waals surface area (Å²) in [4.78, 5) is 47.1. The van der Waals surface area contributed by atoms with Crippen molar-refractivity contribution in [3.05, 3.63) is 34.3 Å². The smallest absolute Gasteiger partial charge is 0.326 e. The van der Waals surface area contributed by atoms with Gasteiger partial charge in [-0.05, 0) is 52.0 Å². The number of ether oxygens (including phenoxy) is 1. The van der Waals surface area contributed by atoms with Gasteiger partial charge in [0.1, 0.15) is 6.54 Å². The zero-order valence-corrected chi connectivity index (χ0v) is 16.6. The molecule has 1 rings (SSSR count). The predicted octanol–water partition coefficient (Wildman–Crippen LogP) is 1.73. The molecule has 0 aliphatic carbocycles. The number of imide groups is 1. The number of hydrogen-bond acceptors (Lipinski definition) is 5. The SMILES string of the molecule is CC(OC(=O)CNC(=O)c1ccc(Br)cc1)C(=O)NC(=O)NC(C)(C)C. The van der Waals surface area contributed by atoms with E-state index < -0.39 is 42.0 Å². The first-order valence-corrected chi connectivity index (χ1v) is 8.63. The normalized spacial score (nSPS) is 11.9. The van der Waals surface area contributed by atoms with Crippen molar-refractivity contribution in [3.63, 3.8) is 0 Å². The average Bonchev–Trinajstić information content (AvgIpc) is 2.51. The van der Waals surface area contributed by atoms with E-state index in [1.54, 1.807) is 45.0 Å². The lowest BCUT2D eigenvalue weighted by molar-refractivity contribution is -0.153. The van der Waals surface area contributed by atoms with Crippen molar-refractivity contribution in [2.75, 3.05) is 6.54 Å². The lowest BCUT2D eigenvalue weighted by Crippen LogP contribution is -2.50. The Balaban J connectivity index is 2.41. The Kier molecular flexibility index (Phi) is 7.76. The minimum atomic E-state index is -1.18. The minimum Gasteiger partial charge on any atom is -0.451 e. The molecule has 142 valence electrons. The number of urea groups is 1. The first kappa shape index (κ1) is 21.6. The number of nitrogens with one attached hydrogen (secondary N) is 3. The van der Waals surface area contributed by atoms with Crippen LogP contribution in [0.3, 0.4) is 0 Å². The van der Waals surface area contributed by atoms with Crippen LogP contribution in [0.15, 0.2) is 28.7 Å². The molecule has 1 aromatic carbocycles. The van der Waals surface area contributed by atoms with Crippen LogP contribution in [0, 0.1) is 0 Å². The highest BCUT2D eigenvalue weighted by atomic mass is 79.9.